The van der Waals surface area contributed by atoms with Gasteiger partial charge in [0.1, 0.15) is 18.5 Å². The smallest absolute Gasteiger partial charge is 0.182 e. The first-order valence-corrected chi connectivity index (χ1v) is 11.0. The van der Waals surface area contributed by atoms with Gasteiger partial charge in [-0.3, -0.25) is 0 Å². The Kier molecular flexibility index (Phi) is 8.84. The lowest BCUT2D eigenvalue weighted by atomic mass is 10.0. The van der Waals surface area contributed by atoms with E-state index in [4.69, 9.17) is 4.74 Å². The van der Waals surface area contributed by atoms with Crippen LogP contribution in [0.15, 0.2) is 54.6 Å². The third-order valence-corrected chi connectivity index (χ3v) is 5.13. The zero-order chi connectivity index (χ0) is 21.0. The monoisotopic (exact) mass is 408 g/mol. The predicted molar refractivity (Wildman–Crippen MR) is 118 cm³/mol. The van der Waals surface area contributed by atoms with Gasteiger partial charge in [-0.05, 0) is 41.0 Å². The minimum atomic E-state index is -0.709. The zero-order valence-corrected chi connectivity index (χ0v) is 17.8. The lowest BCUT2D eigenvalue weighted by Crippen LogP contribution is -2.24. The van der Waals surface area contributed by atoms with Crippen molar-refractivity contribution >= 4 is 0 Å². The van der Waals surface area contributed by atoms with Crippen molar-refractivity contribution in [2.24, 2.45) is 0 Å². The van der Waals surface area contributed by atoms with Gasteiger partial charge in [0.05, 0.1) is 6.54 Å². The Morgan fingerprint density at radius 1 is 0.933 bits per heavy atom. The molecule has 1 unspecified atom stereocenters. The summed E-state index contributed by atoms with van der Waals surface area (Å²) in [6, 6.07) is 17.9. The van der Waals surface area contributed by atoms with Crippen molar-refractivity contribution in [3.8, 4) is 17.1 Å². The molecule has 1 atom stereocenters. The largest absolute Gasteiger partial charge is 0.491 e. The van der Waals surface area contributed by atoms with Gasteiger partial charge < -0.3 is 9.84 Å². The normalized spacial score (nSPS) is 12.1. The van der Waals surface area contributed by atoms with Gasteiger partial charge in [0.15, 0.2) is 5.82 Å². The average molecular weight is 409 g/mol. The first kappa shape index (κ1) is 22.0. The number of rotatable bonds is 13. The van der Waals surface area contributed by atoms with Crippen LogP contribution < -0.4 is 4.74 Å². The highest BCUT2D eigenvalue weighted by Crippen LogP contribution is 2.17. The number of aromatic nitrogens is 4. The van der Waals surface area contributed by atoms with Crippen molar-refractivity contribution in [1.29, 1.82) is 0 Å². The van der Waals surface area contributed by atoms with Crippen LogP contribution in [-0.2, 0) is 13.0 Å². The van der Waals surface area contributed by atoms with Crippen molar-refractivity contribution in [3.63, 3.8) is 0 Å². The van der Waals surface area contributed by atoms with Gasteiger partial charge in [-0.1, -0.05) is 81.5 Å². The van der Waals surface area contributed by atoms with E-state index in [-0.39, 0.29) is 13.2 Å². The molecule has 1 aromatic heterocycles. The van der Waals surface area contributed by atoms with E-state index < -0.39 is 6.10 Å². The average Bonchev–Trinajstić information content (AvgIpc) is 3.24. The van der Waals surface area contributed by atoms with Crippen molar-refractivity contribution in [2.45, 2.75) is 64.5 Å². The van der Waals surface area contributed by atoms with Crippen LogP contribution in [-0.4, -0.2) is 38.0 Å². The van der Waals surface area contributed by atoms with Gasteiger partial charge >= 0.3 is 0 Å². The van der Waals surface area contributed by atoms with Crippen molar-refractivity contribution < 1.29 is 9.84 Å². The molecule has 3 aromatic rings. The highest BCUT2D eigenvalue weighted by atomic mass is 16.5. The number of aliphatic hydroxyl groups is 1. The van der Waals surface area contributed by atoms with E-state index in [9.17, 15) is 5.11 Å². The molecule has 0 radical (unpaired) electrons. The molecule has 0 aliphatic rings. The summed E-state index contributed by atoms with van der Waals surface area (Å²) in [5, 5.41) is 22.2. The molecule has 30 heavy (non-hydrogen) atoms. The second-order valence-corrected chi connectivity index (χ2v) is 7.68. The first-order chi connectivity index (χ1) is 14.8. The van der Waals surface area contributed by atoms with Gasteiger partial charge in [0.25, 0.3) is 0 Å². The maximum atomic E-state index is 10.4. The zero-order valence-electron chi connectivity index (χ0n) is 17.8. The molecule has 3 rings (SSSR count). The number of hydrogen-bond acceptors (Lipinski definition) is 5. The van der Waals surface area contributed by atoms with E-state index in [1.54, 1.807) is 4.68 Å². The molecule has 1 N–H and O–H groups in total. The summed E-state index contributed by atoms with van der Waals surface area (Å²) in [7, 11) is 0. The Morgan fingerprint density at radius 2 is 1.67 bits per heavy atom. The number of benzene rings is 2. The SMILES string of the molecule is CCCCCCCCc1ccc(OCC(O)Cn2nnnc2-c2ccccc2)cc1. The van der Waals surface area contributed by atoms with Crippen molar-refractivity contribution in [1.82, 2.24) is 20.2 Å². The summed E-state index contributed by atoms with van der Waals surface area (Å²) in [5.41, 5.74) is 2.25. The molecule has 2 aromatic carbocycles. The van der Waals surface area contributed by atoms with E-state index in [1.807, 2.05) is 42.5 Å². The van der Waals surface area contributed by atoms with Gasteiger partial charge in [-0.25, -0.2) is 4.68 Å². The van der Waals surface area contributed by atoms with Crippen LogP contribution in [0.25, 0.3) is 11.4 Å². The van der Waals surface area contributed by atoms with E-state index >= 15 is 0 Å². The lowest BCUT2D eigenvalue weighted by Gasteiger charge is -2.13. The standard InChI is InChI=1S/C24H32N4O2/c1-2-3-4-5-6-8-11-20-14-16-23(17-15-20)30-19-22(29)18-28-24(25-26-27-28)21-12-9-7-10-13-21/h7,9-10,12-17,22,29H,2-6,8,11,18-19H2,1H3. The second-order valence-electron chi connectivity index (χ2n) is 7.68. The molecule has 0 bridgehead atoms. The van der Waals surface area contributed by atoms with Crippen molar-refractivity contribution in [2.75, 3.05) is 6.61 Å². The van der Waals surface area contributed by atoms with Crippen LogP contribution in [0.4, 0.5) is 0 Å². The summed E-state index contributed by atoms with van der Waals surface area (Å²) in [4.78, 5) is 0. The number of nitrogens with zero attached hydrogens (tertiary/aromatic N) is 4. The Balaban J connectivity index is 1.41. The molecule has 0 aliphatic heterocycles. The molecule has 0 aliphatic carbocycles. The van der Waals surface area contributed by atoms with Crippen LogP contribution >= 0.6 is 0 Å². The fourth-order valence-electron chi connectivity index (χ4n) is 3.43. The third kappa shape index (κ3) is 6.95. The van der Waals surface area contributed by atoms with Crippen molar-refractivity contribution in [3.05, 3.63) is 60.2 Å². The Labute approximate surface area is 178 Å². The summed E-state index contributed by atoms with van der Waals surface area (Å²) in [6.45, 7) is 2.70. The quantitative estimate of drug-likeness (QED) is 0.416. The number of hydrogen-bond donors (Lipinski definition) is 1. The number of unbranched alkanes of at least 4 members (excludes halogenated alkanes) is 5. The van der Waals surface area contributed by atoms with Crippen LogP contribution in [0.1, 0.15) is 51.0 Å². The maximum absolute atomic E-state index is 10.4. The summed E-state index contributed by atoms with van der Waals surface area (Å²) in [6.07, 6.45) is 8.25. The van der Waals surface area contributed by atoms with Crippen LogP contribution in [0, 0.1) is 0 Å². The summed E-state index contributed by atoms with van der Waals surface area (Å²) < 4.78 is 7.36. The third-order valence-electron chi connectivity index (χ3n) is 5.13. The summed E-state index contributed by atoms with van der Waals surface area (Å²) >= 11 is 0. The maximum Gasteiger partial charge on any atom is 0.182 e. The molecule has 1 heterocycles. The van der Waals surface area contributed by atoms with Crippen LogP contribution in [0.5, 0.6) is 5.75 Å². The van der Waals surface area contributed by atoms with Gasteiger partial charge in [0, 0.05) is 5.56 Å². The number of aryl methyl sites for hydroxylation is 1. The first-order valence-electron chi connectivity index (χ1n) is 11.0. The Hall–Kier alpha value is -2.73. The molecule has 0 spiro atoms. The van der Waals surface area contributed by atoms with E-state index in [0.717, 1.165) is 17.7 Å². The minimum Gasteiger partial charge on any atom is -0.491 e. The topological polar surface area (TPSA) is 73.1 Å². The molecular weight excluding hydrogens is 376 g/mol. The predicted octanol–water partition coefficient (Wildman–Crippen LogP) is 4.68. The Morgan fingerprint density at radius 3 is 2.43 bits per heavy atom. The molecule has 160 valence electrons. The molecule has 0 saturated carbocycles. The van der Waals surface area contributed by atoms with E-state index in [2.05, 4.69) is 34.6 Å². The molecule has 6 nitrogen and oxygen atoms in total. The molecule has 6 heteroatoms. The second kappa shape index (κ2) is 12.1. The van der Waals surface area contributed by atoms with Gasteiger partial charge in [-0.2, -0.15) is 0 Å². The van der Waals surface area contributed by atoms with Crippen LogP contribution in [0.2, 0.25) is 0 Å². The van der Waals surface area contributed by atoms with Gasteiger partial charge in [-0.15, -0.1) is 5.10 Å². The lowest BCUT2D eigenvalue weighted by molar-refractivity contribution is 0.0892. The minimum absolute atomic E-state index is 0.185. The van der Waals surface area contributed by atoms with Crippen LogP contribution in [0.3, 0.4) is 0 Å². The van der Waals surface area contributed by atoms with E-state index in [0.29, 0.717) is 5.82 Å². The molecule has 0 fully saturated rings. The molecular formula is C24H32N4O2. The van der Waals surface area contributed by atoms with E-state index in [1.165, 1.54) is 44.1 Å². The highest BCUT2D eigenvalue weighted by Gasteiger charge is 2.13. The molecule has 0 saturated heterocycles. The Bertz CT molecular complexity index is 849. The molecule has 0 amide bonds. The fraction of sp³-hybridized carbons (Fsp3) is 0.458. The number of ether oxygens (including phenoxy) is 1. The number of aliphatic hydroxyl groups excluding tert-OH is 1. The van der Waals surface area contributed by atoms with Gasteiger partial charge in [0.2, 0.25) is 0 Å². The number of tetrazole rings is 1. The summed E-state index contributed by atoms with van der Waals surface area (Å²) in [5.74, 6) is 1.40. The highest BCUT2D eigenvalue weighted by molar-refractivity contribution is 5.53. The fourth-order valence-corrected chi connectivity index (χ4v) is 3.43.